The zero-order chi connectivity index (χ0) is 11.0. The molecule has 0 fully saturated rings. The molecule has 0 radical (unpaired) electrons. The summed E-state index contributed by atoms with van der Waals surface area (Å²) in [6.07, 6.45) is 4.12. The van der Waals surface area contributed by atoms with Crippen LogP contribution < -0.4 is 0 Å². The lowest BCUT2D eigenvalue weighted by Gasteiger charge is -2.12. The third-order valence-electron chi connectivity index (χ3n) is 2.98. The summed E-state index contributed by atoms with van der Waals surface area (Å²) < 4.78 is 5.46. The minimum absolute atomic E-state index is 0.164. The number of hydrogen-bond donors (Lipinski definition) is 1. The molecule has 0 spiro atoms. The van der Waals surface area contributed by atoms with Crippen molar-refractivity contribution in [2.24, 2.45) is 0 Å². The van der Waals surface area contributed by atoms with Crippen LogP contribution in [0.2, 0.25) is 0 Å². The average Bonchev–Trinajstić information content (AvgIpc) is 2.56. The molecule has 1 aliphatic carbocycles. The number of aryl methyl sites for hydroxylation is 1. The fraction of sp³-hybridized carbons (Fsp3) is 0.583. The van der Waals surface area contributed by atoms with Crippen LogP contribution >= 0.6 is 0 Å². The van der Waals surface area contributed by atoms with Crippen LogP contribution in [0.5, 0.6) is 0 Å². The van der Waals surface area contributed by atoms with Crippen LogP contribution in [0, 0.1) is 0 Å². The lowest BCUT2D eigenvalue weighted by Crippen LogP contribution is -2.05. The van der Waals surface area contributed by atoms with Crippen LogP contribution in [0.15, 0.2) is 4.42 Å². The Hall–Kier alpha value is -1.25. The van der Waals surface area contributed by atoms with Gasteiger partial charge < -0.3 is 9.52 Å². The molecule has 82 valence electrons. The van der Waals surface area contributed by atoms with Gasteiger partial charge in [-0.05, 0) is 30.7 Å². The topological polar surface area (TPSA) is 50.4 Å². The highest BCUT2D eigenvalue weighted by Crippen LogP contribution is 2.34. The first-order valence-corrected chi connectivity index (χ1v) is 5.49. The summed E-state index contributed by atoms with van der Waals surface area (Å²) in [7, 11) is 0. The van der Waals surface area contributed by atoms with Gasteiger partial charge in [0.2, 0.25) is 5.76 Å². The molecule has 2 rings (SSSR count). The highest BCUT2D eigenvalue weighted by atomic mass is 16.4. The van der Waals surface area contributed by atoms with Crippen molar-refractivity contribution in [3.05, 3.63) is 22.6 Å². The van der Waals surface area contributed by atoms with Crippen molar-refractivity contribution in [1.29, 1.82) is 0 Å². The lowest BCUT2D eigenvalue weighted by molar-refractivity contribution is 0.0658. The summed E-state index contributed by atoms with van der Waals surface area (Å²) in [6.45, 7) is 4.04. The fourth-order valence-corrected chi connectivity index (χ4v) is 2.36. The molecule has 1 aliphatic rings. The van der Waals surface area contributed by atoms with Gasteiger partial charge in [0, 0.05) is 12.0 Å². The van der Waals surface area contributed by atoms with E-state index < -0.39 is 5.97 Å². The highest BCUT2D eigenvalue weighted by Gasteiger charge is 2.27. The normalized spacial score (nSPS) is 15.4. The molecule has 15 heavy (non-hydrogen) atoms. The summed E-state index contributed by atoms with van der Waals surface area (Å²) in [5, 5.41) is 9.07. The van der Waals surface area contributed by atoms with Crippen molar-refractivity contribution in [2.75, 3.05) is 0 Å². The predicted octanol–water partition coefficient (Wildman–Crippen LogP) is 2.98. The number of carbonyl (C=O) groups is 1. The first-order chi connectivity index (χ1) is 7.11. The molecule has 0 unspecified atom stereocenters. The molecule has 1 heterocycles. The van der Waals surface area contributed by atoms with Gasteiger partial charge in [-0.15, -0.1) is 0 Å². The molecule has 1 aromatic rings. The molecule has 0 bridgehead atoms. The van der Waals surface area contributed by atoms with Crippen molar-refractivity contribution < 1.29 is 14.3 Å². The van der Waals surface area contributed by atoms with Crippen molar-refractivity contribution in [3.8, 4) is 0 Å². The highest BCUT2D eigenvalue weighted by molar-refractivity contribution is 5.87. The zero-order valence-corrected chi connectivity index (χ0v) is 9.17. The molecule has 0 amide bonds. The summed E-state index contributed by atoms with van der Waals surface area (Å²) in [4.78, 5) is 11.1. The van der Waals surface area contributed by atoms with Gasteiger partial charge in [0.25, 0.3) is 0 Å². The standard InChI is InChI=1S/C12H16O3/c1-7(2)10-8-5-3-4-6-9(8)15-11(10)12(13)14/h7H,3-6H2,1-2H3,(H,13,14). The van der Waals surface area contributed by atoms with Gasteiger partial charge in [0.1, 0.15) is 5.76 Å². The monoisotopic (exact) mass is 208 g/mol. The largest absolute Gasteiger partial charge is 0.475 e. The molecule has 1 aromatic heterocycles. The number of fused-ring (bicyclic) bond motifs is 1. The number of aromatic carboxylic acids is 1. The second-order valence-electron chi connectivity index (χ2n) is 4.41. The SMILES string of the molecule is CC(C)c1c(C(=O)O)oc2c1CCCC2. The second-order valence-corrected chi connectivity index (χ2v) is 4.41. The fourth-order valence-electron chi connectivity index (χ4n) is 2.36. The van der Waals surface area contributed by atoms with E-state index in [-0.39, 0.29) is 11.7 Å². The van der Waals surface area contributed by atoms with E-state index in [4.69, 9.17) is 9.52 Å². The Morgan fingerprint density at radius 1 is 1.33 bits per heavy atom. The number of hydrogen-bond acceptors (Lipinski definition) is 2. The Morgan fingerprint density at radius 2 is 2.00 bits per heavy atom. The van der Waals surface area contributed by atoms with E-state index in [1.54, 1.807) is 0 Å². The molecular weight excluding hydrogens is 192 g/mol. The van der Waals surface area contributed by atoms with Crippen molar-refractivity contribution in [1.82, 2.24) is 0 Å². The summed E-state index contributed by atoms with van der Waals surface area (Å²) in [6, 6.07) is 0. The molecule has 0 saturated heterocycles. The quantitative estimate of drug-likeness (QED) is 0.812. The van der Waals surface area contributed by atoms with Gasteiger partial charge in [-0.1, -0.05) is 13.8 Å². The minimum Gasteiger partial charge on any atom is -0.475 e. The lowest BCUT2D eigenvalue weighted by atomic mass is 9.90. The van der Waals surface area contributed by atoms with E-state index in [9.17, 15) is 4.79 Å². The minimum atomic E-state index is -0.937. The number of rotatable bonds is 2. The molecule has 1 N–H and O–H groups in total. The Labute approximate surface area is 89.1 Å². The van der Waals surface area contributed by atoms with Crippen molar-refractivity contribution >= 4 is 5.97 Å². The van der Waals surface area contributed by atoms with Crippen molar-refractivity contribution in [2.45, 2.75) is 45.4 Å². The van der Waals surface area contributed by atoms with Crippen LogP contribution in [-0.2, 0) is 12.8 Å². The van der Waals surface area contributed by atoms with E-state index in [1.807, 2.05) is 13.8 Å². The third-order valence-corrected chi connectivity index (χ3v) is 2.98. The molecule has 3 heteroatoms. The van der Waals surface area contributed by atoms with Gasteiger partial charge in [-0.2, -0.15) is 0 Å². The van der Waals surface area contributed by atoms with Crippen LogP contribution in [-0.4, -0.2) is 11.1 Å². The van der Waals surface area contributed by atoms with E-state index >= 15 is 0 Å². The number of carboxylic acid groups (broad SMARTS) is 1. The van der Waals surface area contributed by atoms with Gasteiger partial charge in [0.05, 0.1) is 0 Å². The Kier molecular flexibility index (Phi) is 2.55. The molecular formula is C12H16O3. The van der Waals surface area contributed by atoms with E-state index in [2.05, 4.69) is 0 Å². The first kappa shape index (κ1) is 10.3. The smallest absolute Gasteiger partial charge is 0.372 e. The van der Waals surface area contributed by atoms with E-state index in [1.165, 1.54) is 0 Å². The van der Waals surface area contributed by atoms with E-state index in [0.717, 1.165) is 42.6 Å². The maximum absolute atomic E-state index is 11.1. The molecule has 0 atom stereocenters. The Balaban J connectivity index is 2.56. The first-order valence-electron chi connectivity index (χ1n) is 5.49. The number of carboxylic acids is 1. The number of furan rings is 1. The van der Waals surface area contributed by atoms with Crippen molar-refractivity contribution in [3.63, 3.8) is 0 Å². The third kappa shape index (κ3) is 1.66. The van der Waals surface area contributed by atoms with Crippen LogP contribution in [0.4, 0.5) is 0 Å². The Morgan fingerprint density at radius 3 is 2.60 bits per heavy atom. The van der Waals surface area contributed by atoms with Crippen LogP contribution in [0.25, 0.3) is 0 Å². The van der Waals surface area contributed by atoms with Crippen LogP contribution in [0.1, 0.15) is 60.0 Å². The molecule has 0 saturated carbocycles. The molecule has 3 nitrogen and oxygen atoms in total. The summed E-state index contributed by atoms with van der Waals surface area (Å²) >= 11 is 0. The van der Waals surface area contributed by atoms with Crippen LogP contribution in [0.3, 0.4) is 0 Å². The van der Waals surface area contributed by atoms with E-state index in [0.29, 0.717) is 0 Å². The maximum Gasteiger partial charge on any atom is 0.372 e. The van der Waals surface area contributed by atoms with Gasteiger partial charge in [-0.25, -0.2) is 4.79 Å². The van der Waals surface area contributed by atoms with Gasteiger partial charge >= 0.3 is 5.97 Å². The average molecular weight is 208 g/mol. The predicted molar refractivity (Wildman–Crippen MR) is 56.4 cm³/mol. The summed E-state index contributed by atoms with van der Waals surface area (Å²) in [5.74, 6) is 0.356. The van der Waals surface area contributed by atoms with Gasteiger partial charge in [-0.3, -0.25) is 0 Å². The molecule has 0 aromatic carbocycles. The zero-order valence-electron chi connectivity index (χ0n) is 9.17. The maximum atomic E-state index is 11.1. The van der Waals surface area contributed by atoms with Gasteiger partial charge in [0.15, 0.2) is 0 Å². The Bertz CT molecular complexity index is 388. The molecule has 0 aliphatic heterocycles. The second kappa shape index (κ2) is 3.72. The summed E-state index contributed by atoms with van der Waals surface area (Å²) in [5.41, 5.74) is 2.07.